The molecule has 5 heteroatoms. The molecule has 19 heavy (non-hydrogen) atoms. The second-order valence-corrected chi connectivity index (χ2v) is 7.37. The Kier molecular flexibility index (Phi) is 4.23. The van der Waals surface area contributed by atoms with Crippen molar-refractivity contribution in [3.8, 4) is 0 Å². The summed E-state index contributed by atoms with van der Waals surface area (Å²) in [6.45, 7) is 10.9. The third-order valence-electron chi connectivity index (χ3n) is 3.44. The predicted octanol–water partition coefficient (Wildman–Crippen LogP) is 2.72. The highest BCUT2D eigenvalue weighted by Crippen LogP contribution is 2.33. The fourth-order valence-electron chi connectivity index (χ4n) is 2.46. The topological polar surface area (TPSA) is 41.1 Å². The third-order valence-corrected chi connectivity index (χ3v) is 4.74. The van der Waals surface area contributed by atoms with Crippen LogP contribution >= 0.6 is 11.8 Å². The van der Waals surface area contributed by atoms with Gasteiger partial charge in [0.15, 0.2) is 0 Å². The number of aromatic nitrogens is 2. The Hall–Kier alpha value is -0.970. The van der Waals surface area contributed by atoms with Crippen LogP contribution in [0.3, 0.4) is 0 Å². The standard InChI is InChI=1S/C14H24N4S/c1-6-11-16-12(15-5)10(2)13(17-11)18-7-8-19-14(3,4)9-18/h6-9H2,1-5H3,(H,15,16,17). The first-order valence-corrected chi connectivity index (χ1v) is 7.89. The third kappa shape index (κ3) is 3.14. The van der Waals surface area contributed by atoms with Gasteiger partial charge in [0.05, 0.1) is 0 Å². The Balaban J connectivity index is 2.37. The minimum absolute atomic E-state index is 0.293. The maximum Gasteiger partial charge on any atom is 0.137 e. The minimum Gasteiger partial charge on any atom is -0.373 e. The highest BCUT2D eigenvalue weighted by atomic mass is 32.2. The fourth-order valence-corrected chi connectivity index (χ4v) is 3.57. The van der Waals surface area contributed by atoms with Crippen LogP contribution in [0, 0.1) is 6.92 Å². The molecule has 1 N–H and O–H groups in total. The maximum absolute atomic E-state index is 4.75. The second kappa shape index (κ2) is 5.57. The van der Waals surface area contributed by atoms with Crippen molar-refractivity contribution < 1.29 is 0 Å². The SMILES string of the molecule is CCc1nc(NC)c(C)c(N2CCSC(C)(C)C2)n1. The van der Waals surface area contributed by atoms with Gasteiger partial charge in [-0.1, -0.05) is 6.92 Å². The number of rotatable bonds is 3. The number of nitrogens with one attached hydrogen (secondary N) is 1. The van der Waals surface area contributed by atoms with Crippen LogP contribution in [0.1, 0.15) is 32.2 Å². The fraction of sp³-hybridized carbons (Fsp3) is 0.714. The second-order valence-electron chi connectivity index (χ2n) is 5.57. The molecule has 2 rings (SSSR count). The van der Waals surface area contributed by atoms with Gasteiger partial charge < -0.3 is 10.2 Å². The van der Waals surface area contributed by atoms with E-state index in [0.29, 0.717) is 4.75 Å². The first-order valence-electron chi connectivity index (χ1n) is 6.91. The molecular weight excluding hydrogens is 256 g/mol. The van der Waals surface area contributed by atoms with E-state index in [1.807, 2.05) is 18.8 Å². The van der Waals surface area contributed by atoms with Gasteiger partial charge in [-0.05, 0) is 20.8 Å². The lowest BCUT2D eigenvalue weighted by molar-refractivity contribution is 0.638. The van der Waals surface area contributed by atoms with E-state index < -0.39 is 0 Å². The lowest BCUT2D eigenvalue weighted by Crippen LogP contribution is -2.44. The summed E-state index contributed by atoms with van der Waals surface area (Å²) in [7, 11) is 1.93. The molecule has 0 amide bonds. The molecule has 106 valence electrons. The normalized spacial score (nSPS) is 18.5. The smallest absolute Gasteiger partial charge is 0.137 e. The molecule has 0 saturated carbocycles. The molecule has 1 aromatic heterocycles. The Bertz CT molecular complexity index is 459. The van der Waals surface area contributed by atoms with Crippen LogP contribution in [0.5, 0.6) is 0 Å². The molecule has 0 atom stereocenters. The van der Waals surface area contributed by atoms with Gasteiger partial charge in [0.1, 0.15) is 17.5 Å². The number of hydrogen-bond acceptors (Lipinski definition) is 5. The quantitative estimate of drug-likeness (QED) is 0.922. The Morgan fingerprint density at radius 3 is 2.68 bits per heavy atom. The van der Waals surface area contributed by atoms with E-state index >= 15 is 0 Å². The molecule has 1 aliphatic heterocycles. The lowest BCUT2D eigenvalue weighted by atomic mass is 10.1. The minimum atomic E-state index is 0.293. The molecular formula is C14H24N4S. The summed E-state index contributed by atoms with van der Waals surface area (Å²) in [5.41, 5.74) is 1.16. The summed E-state index contributed by atoms with van der Waals surface area (Å²) in [6, 6.07) is 0. The van der Waals surface area contributed by atoms with E-state index in [1.165, 1.54) is 0 Å². The van der Waals surface area contributed by atoms with Crippen molar-refractivity contribution in [2.45, 2.75) is 38.9 Å². The molecule has 1 aliphatic rings. The lowest BCUT2D eigenvalue weighted by Gasteiger charge is -2.39. The van der Waals surface area contributed by atoms with Gasteiger partial charge in [0.25, 0.3) is 0 Å². The predicted molar refractivity (Wildman–Crippen MR) is 84.4 cm³/mol. The van der Waals surface area contributed by atoms with Crippen molar-refractivity contribution in [1.29, 1.82) is 0 Å². The molecule has 0 spiro atoms. The summed E-state index contributed by atoms with van der Waals surface area (Å²) in [6.07, 6.45) is 0.869. The van der Waals surface area contributed by atoms with Crippen molar-refractivity contribution >= 4 is 23.4 Å². The van der Waals surface area contributed by atoms with Gasteiger partial charge in [0.2, 0.25) is 0 Å². The van der Waals surface area contributed by atoms with Gasteiger partial charge in [-0.2, -0.15) is 11.8 Å². The number of aryl methyl sites for hydroxylation is 1. The highest BCUT2D eigenvalue weighted by molar-refractivity contribution is 8.00. The Morgan fingerprint density at radius 1 is 1.37 bits per heavy atom. The number of hydrogen-bond donors (Lipinski definition) is 1. The molecule has 4 nitrogen and oxygen atoms in total. The monoisotopic (exact) mass is 280 g/mol. The van der Waals surface area contributed by atoms with E-state index in [9.17, 15) is 0 Å². The maximum atomic E-state index is 4.75. The summed E-state index contributed by atoms with van der Waals surface area (Å²) < 4.78 is 0.293. The van der Waals surface area contributed by atoms with Gasteiger partial charge >= 0.3 is 0 Å². The van der Waals surface area contributed by atoms with E-state index in [4.69, 9.17) is 4.98 Å². The molecule has 0 aliphatic carbocycles. The van der Waals surface area contributed by atoms with Crippen molar-refractivity contribution in [3.05, 3.63) is 11.4 Å². The van der Waals surface area contributed by atoms with Crippen LogP contribution in [0.2, 0.25) is 0 Å². The van der Waals surface area contributed by atoms with Crippen molar-refractivity contribution in [3.63, 3.8) is 0 Å². The number of anilines is 2. The Morgan fingerprint density at radius 2 is 2.11 bits per heavy atom. The van der Waals surface area contributed by atoms with Crippen molar-refractivity contribution in [2.75, 3.05) is 36.1 Å². The van der Waals surface area contributed by atoms with Gasteiger partial charge in [0, 0.05) is 42.6 Å². The summed E-state index contributed by atoms with van der Waals surface area (Å²) >= 11 is 2.04. The highest BCUT2D eigenvalue weighted by Gasteiger charge is 2.29. The van der Waals surface area contributed by atoms with Crippen molar-refractivity contribution in [2.24, 2.45) is 0 Å². The molecule has 0 radical (unpaired) electrons. The first kappa shape index (κ1) is 14.4. The van der Waals surface area contributed by atoms with E-state index in [0.717, 1.165) is 48.3 Å². The van der Waals surface area contributed by atoms with Crippen molar-refractivity contribution in [1.82, 2.24) is 9.97 Å². The van der Waals surface area contributed by atoms with E-state index in [1.54, 1.807) is 0 Å². The zero-order chi connectivity index (χ0) is 14.0. The van der Waals surface area contributed by atoms with Gasteiger partial charge in [-0.25, -0.2) is 9.97 Å². The van der Waals surface area contributed by atoms with Crippen LogP contribution < -0.4 is 10.2 Å². The van der Waals surface area contributed by atoms with E-state index in [-0.39, 0.29) is 0 Å². The average molecular weight is 280 g/mol. The van der Waals surface area contributed by atoms with Crippen LogP contribution in [0.25, 0.3) is 0 Å². The molecule has 2 heterocycles. The number of thioether (sulfide) groups is 1. The summed E-state index contributed by atoms with van der Waals surface area (Å²) in [5, 5.41) is 3.19. The van der Waals surface area contributed by atoms with Crippen LogP contribution in [0.4, 0.5) is 11.6 Å². The van der Waals surface area contributed by atoms with Crippen LogP contribution in [-0.2, 0) is 6.42 Å². The molecule has 1 aromatic rings. The van der Waals surface area contributed by atoms with Crippen LogP contribution in [0.15, 0.2) is 0 Å². The summed E-state index contributed by atoms with van der Waals surface area (Å²) in [5.74, 6) is 4.13. The van der Waals surface area contributed by atoms with Gasteiger partial charge in [-0.15, -0.1) is 0 Å². The molecule has 0 unspecified atom stereocenters. The van der Waals surface area contributed by atoms with E-state index in [2.05, 4.69) is 42.9 Å². The molecule has 1 saturated heterocycles. The molecule has 1 fully saturated rings. The van der Waals surface area contributed by atoms with Gasteiger partial charge in [-0.3, -0.25) is 0 Å². The number of nitrogens with zero attached hydrogens (tertiary/aromatic N) is 3. The van der Waals surface area contributed by atoms with Crippen LogP contribution in [-0.4, -0.2) is 40.6 Å². The molecule has 0 aromatic carbocycles. The Labute approximate surface area is 120 Å². The largest absolute Gasteiger partial charge is 0.373 e. The molecule has 0 bridgehead atoms. The zero-order valence-electron chi connectivity index (χ0n) is 12.6. The zero-order valence-corrected chi connectivity index (χ0v) is 13.4. The average Bonchev–Trinajstić information content (AvgIpc) is 2.38. The first-order chi connectivity index (χ1) is 8.96. The summed E-state index contributed by atoms with van der Waals surface area (Å²) in [4.78, 5) is 11.7.